The molecule has 0 unspecified atom stereocenters. The SMILES string of the molecule is CCCCc1ccc2c(c1)CC(=S)N2. The number of nitrogens with one attached hydrogen (secondary N) is 1. The van der Waals surface area contributed by atoms with Crippen molar-refractivity contribution < 1.29 is 0 Å². The fraction of sp³-hybridized carbons (Fsp3) is 0.417. The summed E-state index contributed by atoms with van der Waals surface area (Å²) < 4.78 is 0. The highest BCUT2D eigenvalue weighted by Crippen LogP contribution is 2.25. The molecule has 1 nitrogen and oxygen atoms in total. The minimum atomic E-state index is 0.921. The minimum Gasteiger partial charge on any atom is -0.350 e. The van der Waals surface area contributed by atoms with Crippen LogP contribution in [0.5, 0.6) is 0 Å². The average molecular weight is 205 g/mol. The molecule has 2 rings (SSSR count). The monoisotopic (exact) mass is 205 g/mol. The second kappa shape index (κ2) is 4.09. The molecule has 14 heavy (non-hydrogen) atoms. The van der Waals surface area contributed by atoms with Crippen LogP contribution in [0.2, 0.25) is 0 Å². The standard InChI is InChI=1S/C12H15NS/c1-2-3-4-9-5-6-11-10(7-9)8-12(14)13-11/h5-7H,2-4,8H2,1H3,(H,13,14). The van der Waals surface area contributed by atoms with E-state index in [-0.39, 0.29) is 0 Å². The summed E-state index contributed by atoms with van der Waals surface area (Å²) in [7, 11) is 0. The van der Waals surface area contributed by atoms with Crippen LogP contribution >= 0.6 is 12.2 Å². The van der Waals surface area contributed by atoms with E-state index in [2.05, 4.69) is 30.4 Å². The third-order valence-corrected chi connectivity index (χ3v) is 2.86. The molecule has 0 aromatic heterocycles. The third-order valence-electron chi connectivity index (χ3n) is 2.61. The number of thiocarbonyl (C=S) groups is 1. The van der Waals surface area contributed by atoms with Crippen LogP contribution in [0.25, 0.3) is 0 Å². The van der Waals surface area contributed by atoms with Gasteiger partial charge in [-0.15, -0.1) is 0 Å². The van der Waals surface area contributed by atoms with Crippen molar-refractivity contribution in [3.63, 3.8) is 0 Å². The highest BCUT2D eigenvalue weighted by atomic mass is 32.1. The molecule has 1 heterocycles. The molecule has 74 valence electrons. The van der Waals surface area contributed by atoms with Gasteiger partial charge in [-0.05, 0) is 30.0 Å². The van der Waals surface area contributed by atoms with Crippen LogP contribution in [0.3, 0.4) is 0 Å². The Labute approximate surface area is 90.5 Å². The lowest BCUT2D eigenvalue weighted by atomic mass is 10.0. The van der Waals surface area contributed by atoms with Gasteiger partial charge in [0.2, 0.25) is 0 Å². The number of unbranched alkanes of at least 4 members (excludes halogenated alkanes) is 1. The van der Waals surface area contributed by atoms with Crippen LogP contribution in [-0.2, 0) is 12.8 Å². The van der Waals surface area contributed by atoms with Crippen LogP contribution in [0.15, 0.2) is 18.2 Å². The third kappa shape index (κ3) is 1.95. The van der Waals surface area contributed by atoms with Crippen LogP contribution < -0.4 is 5.32 Å². The number of hydrogen-bond donors (Lipinski definition) is 1. The summed E-state index contributed by atoms with van der Waals surface area (Å²) in [5.41, 5.74) is 4.01. The van der Waals surface area contributed by atoms with Gasteiger partial charge in [0.15, 0.2) is 0 Å². The molecule has 0 bridgehead atoms. The molecule has 1 aliphatic rings. The van der Waals surface area contributed by atoms with E-state index in [1.165, 1.54) is 36.1 Å². The maximum Gasteiger partial charge on any atom is 0.0842 e. The molecule has 0 fully saturated rings. The molecule has 0 spiro atoms. The van der Waals surface area contributed by atoms with Crippen molar-refractivity contribution in [1.82, 2.24) is 0 Å². The minimum absolute atomic E-state index is 0.921. The van der Waals surface area contributed by atoms with E-state index in [4.69, 9.17) is 12.2 Å². The molecular weight excluding hydrogens is 190 g/mol. The van der Waals surface area contributed by atoms with Gasteiger partial charge >= 0.3 is 0 Å². The van der Waals surface area contributed by atoms with Crippen molar-refractivity contribution in [2.75, 3.05) is 5.32 Å². The zero-order valence-electron chi connectivity index (χ0n) is 8.47. The summed E-state index contributed by atoms with van der Waals surface area (Å²) in [5, 5.41) is 3.21. The van der Waals surface area contributed by atoms with E-state index < -0.39 is 0 Å². The number of benzene rings is 1. The van der Waals surface area contributed by atoms with Gasteiger partial charge in [-0.25, -0.2) is 0 Å². The second-order valence-corrected chi connectivity index (χ2v) is 4.31. The van der Waals surface area contributed by atoms with E-state index in [1.54, 1.807) is 0 Å². The Morgan fingerprint density at radius 2 is 2.29 bits per heavy atom. The van der Waals surface area contributed by atoms with E-state index in [0.29, 0.717) is 0 Å². The lowest BCUT2D eigenvalue weighted by Gasteiger charge is -2.03. The van der Waals surface area contributed by atoms with E-state index >= 15 is 0 Å². The van der Waals surface area contributed by atoms with Gasteiger partial charge in [-0.3, -0.25) is 0 Å². The Balaban J connectivity index is 2.16. The van der Waals surface area contributed by atoms with Gasteiger partial charge in [0, 0.05) is 12.1 Å². The molecule has 1 N–H and O–H groups in total. The highest BCUT2D eigenvalue weighted by Gasteiger charge is 2.13. The molecule has 0 saturated carbocycles. The predicted octanol–water partition coefficient (Wildman–Crippen LogP) is 3.32. The summed E-state index contributed by atoms with van der Waals surface area (Å²) >= 11 is 5.14. The Morgan fingerprint density at radius 1 is 1.43 bits per heavy atom. The van der Waals surface area contributed by atoms with Gasteiger partial charge < -0.3 is 5.32 Å². The van der Waals surface area contributed by atoms with Crippen LogP contribution in [0.1, 0.15) is 30.9 Å². The average Bonchev–Trinajstić information content (AvgIpc) is 2.54. The smallest absolute Gasteiger partial charge is 0.0842 e. The predicted molar refractivity (Wildman–Crippen MR) is 65.0 cm³/mol. The molecule has 0 aliphatic carbocycles. The fourth-order valence-corrected chi connectivity index (χ4v) is 2.08. The number of aryl methyl sites for hydroxylation is 1. The molecule has 0 radical (unpaired) electrons. The van der Waals surface area contributed by atoms with E-state index in [0.717, 1.165) is 11.4 Å². The zero-order chi connectivity index (χ0) is 9.97. The molecule has 0 atom stereocenters. The summed E-state index contributed by atoms with van der Waals surface area (Å²) in [6.45, 7) is 2.23. The van der Waals surface area contributed by atoms with Crippen molar-refractivity contribution in [2.24, 2.45) is 0 Å². The quantitative estimate of drug-likeness (QED) is 0.760. The van der Waals surface area contributed by atoms with Crippen molar-refractivity contribution >= 4 is 22.9 Å². The maximum atomic E-state index is 5.14. The van der Waals surface area contributed by atoms with Crippen molar-refractivity contribution in [2.45, 2.75) is 32.6 Å². The highest BCUT2D eigenvalue weighted by molar-refractivity contribution is 7.80. The van der Waals surface area contributed by atoms with Gasteiger partial charge in [-0.2, -0.15) is 0 Å². The first-order valence-corrected chi connectivity index (χ1v) is 5.62. The fourth-order valence-electron chi connectivity index (χ4n) is 1.82. The summed E-state index contributed by atoms with van der Waals surface area (Å²) in [5.74, 6) is 0. The lowest BCUT2D eigenvalue weighted by molar-refractivity contribution is 0.794. The number of rotatable bonds is 3. The molecule has 1 aromatic carbocycles. The van der Waals surface area contributed by atoms with Crippen molar-refractivity contribution in [1.29, 1.82) is 0 Å². The Bertz CT molecular complexity index is 357. The van der Waals surface area contributed by atoms with Crippen molar-refractivity contribution in [3.05, 3.63) is 29.3 Å². The molecule has 0 saturated heterocycles. The largest absolute Gasteiger partial charge is 0.350 e. The summed E-state index contributed by atoms with van der Waals surface area (Å²) in [6, 6.07) is 6.65. The second-order valence-electron chi connectivity index (χ2n) is 3.82. The topological polar surface area (TPSA) is 12.0 Å². The first-order chi connectivity index (χ1) is 6.79. The number of hydrogen-bond acceptors (Lipinski definition) is 1. The first-order valence-electron chi connectivity index (χ1n) is 5.21. The van der Waals surface area contributed by atoms with E-state index in [1.807, 2.05) is 0 Å². The normalized spacial score (nSPS) is 13.9. The van der Waals surface area contributed by atoms with Gasteiger partial charge in [-0.1, -0.05) is 37.7 Å². The molecule has 1 aromatic rings. The molecule has 0 amide bonds. The van der Waals surface area contributed by atoms with Crippen molar-refractivity contribution in [3.8, 4) is 0 Å². The zero-order valence-corrected chi connectivity index (χ0v) is 9.29. The van der Waals surface area contributed by atoms with Crippen LogP contribution in [-0.4, -0.2) is 4.99 Å². The molecule has 1 aliphatic heterocycles. The Kier molecular flexibility index (Phi) is 2.82. The Morgan fingerprint density at radius 3 is 3.07 bits per heavy atom. The van der Waals surface area contributed by atoms with Gasteiger partial charge in [0.1, 0.15) is 0 Å². The number of fused-ring (bicyclic) bond motifs is 1. The van der Waals surface area contributed by atoms with Gasteiger partial charge in [0.05, 0.1) is 4.99 Å². The van der Waals surface area contributed by atoms with Crippen LogP contribution in [0, 0.1) is 0 Å². The first kappa shape index (κ1) is 9.66. The Hall–Kier alpha value is -0.890. The maximum absolute atomic E-state index is 5.14. The molecule has 2 heteroatoms. The summed E-state index contributed by atoms with van der Waals surface area (Å²) in [4.78, 5) is 0.952. The van der Waals surface area contributed by atoms with E-state index in [9.17, 15) is 0 Å². The number of anilines is 1. The van der Waals surface area contributed by atoms with Crippen LogP contribution in [0.4, 0.5) is 5.69 Å². The van der Waals surface area contributed by atoms with Gasteiger partial charge in [0.25, 0.3) is 0 Å². The molecular formula is C12H15NS. The lowest BCUT2D eigenvalue weighted by Crippen LogP contribution is -2.00. The summed E-state index contributed by atoms with van der Waals surface area (Å²) in [6.07, 6.45) is 4.64.